The summed E-state index contributed by atoms with van der Waals surface area (Å²) in [6, 6.07) is 4.69. The fourth-order valence-corrected chi connectivity index (χ4v) is 4.63. The summed E-state index contributed by atoms with van der Waals surface area (Å²) in [7, 11) is 0. The highest BCUT2D eigenvalue weighted by Crippen LogP contribution is 2.38. The first kappa shape index (κ1) is 20.1. The van der Waals surface area contributed by atoms with Crippen molar-refractivity contribution in [2.24, 2.45) is 11.8 Å². The maximum absolute atomic E-state index is 14.6. The molecular formula is C21H28ClFN2O2. The van der Waals surface area contributed by atoms with Gasteiger partial charge in [0.25, 0.3) is 0 Å². The maximum Gasteiger partial charge on any atom is 0.220 e. The van der Waals surface area contributed by atoms with Crippen molar-refractivity contribution in [2.75, 3.05) is 13.1 Å². The van der Waals surface area contributed by atoms with Crippen LogP contribution >= 0.6 is 11.6 Å². The lowest BCUT2D eigenvalue weighted by molar-refractivity contribution is -0.130. The number of likely N-dealkylation sites (tertiary alicyclic amines) is 1. The van der Waals surface area contributed by atoms with Gasteiger partial charge in [-0.25, -0.2) is 4.39 Å². The zero-order chi connectivity index (χ0) is 19.4. The molecule has 27 heavy (non-hydrogen) atoms. The lowest BCUT2D eigenvalue weighted by Gasteiger charge is -2.32. The summed E-state index contributed by atoms with van der Waals surface area (Å²) in [5, 5.41) is 3.20. The third-order valence-corrected chi connectivity index (χ3v) is 6.33. The Kier molecular flexibility index (Phi) is 6.74. The van der Waals surface area contributed by atoms with E-state index in [2.05, 4.69) is 5.32 Å². The number of carbonyl (C=O) groups excluding carboxylic acids is 2. The second-order valence-corrected chi connectivity index (χ2v) is 8.29. The van der Waals surface area contributed by atoms with Crippen LogP contribution in [0.1, 0.15) is 63.5 Å². The third kappa shape index (κ3) is 5.01. The van der Waals surface area contributed by atoms with Crippen molar-refractivity contribution >= 4 is 23.4 Å². The monoisotopic (exact) mass is 394 g/mol. The van der Waals surface area contributed by atoms with Crippen LogP contribution in [0.15, 0.2) is 18.2 Å². The smallest absolute Gasteiger partial charge is 0.220 e. The summed E-state index contributed by atoms with van der Waals surface area (Å²) in [5.74, 6) is 0.157. The summed E-state index contributed by atoms with van der Waals surface area (Å²) in [6.45, 7) is 3.00. The first-order valence-electron chi connectivity index (χ1n) is 9.94. The van der Waals surface area contributed by atoms with Gasteiger partial charge in [0.2, 0.25) is 11.8 Å². The van der Waals surface area contributed by atoms with E-state index >= 15 is 0 Å². The molecule has 6 heteroatoms. The van der Waals surface area contributed by atoms with Crippen molar-refractivity contribution in [1.29, 1.82) is 0 Å². The van der Waals surface area contributed by atoms with Crippen LogP contribution in [-0.2, 0) is 9.59 Å². The van der Waals surface area contributed by atoms with E-state index in [4.69, 9.17) is 11.6 Å². The molecule has 2 aliphatic rings. The molecule has 0 radical (unpaired) electrons. The Morgan fingerprint density at radius 3 is 2.52 bits per heavy atom. The van der Waals surface area contributed by atoms with Crippen LogP contribution in [0.4, 0.5) is 4.39 Å². The first-order valence-corrected chi connectivity index (χ1v) is 10.3. The van der Waals surface area contributed by atoms with Gasteiger partial charge < -0.3 is 10.2 Å². The molecule has 0 bridgehead atoms. The number of piperidine rings is 1. The number of hydrogen-bond acceptors (Lipinski definition) is 2. The number of nitrogens with zero attached hydrogens (tertiary/aromatic N) is 1. The minimum atomic E-state index is -0.425. The van der Waals surface area contributed by atoms with E-state index in [9.17, 15) is 14.0 Å². The largest absolute Gasteiger partial charge is 0.349 e. The minimum absolute atomic E-state index is 0.0347. The van der Waals surface area contributed by atoms with Crippen molar-refractivity contribution in [1.82, 2.24) is 10.2 Å². The fraction of sp³-hybridized carbons (Fsp3) is 0.619. The number of rotatable bonds is 5. The number of halogens is 2. The van der Waals surface area contributed by atoms with Crippen LogP contribution in [0.3, 0.4) is 0 Å². The Morgan fingerprint density at radius 1 is 1.22 bits per heavy atom. The predicted molar refractivity (Wildman–Crippen MR) is 104 cm³/mol. The number of amides is 2. The van der Waals surface area contributed by atoms with Crippen molar-refractivity contribution in [3.05, 3.63) is 34.6 Å². The summed E-state index contributed by atoms with van der Waals surface area (Å²) in [4.78, 5) is 26.0. The van der Waals surface area contributed by atoms with Crippen LogP contribution in [0, 0.1) is 17.7 Å². The molecule has 2 amide bonds. The molecular weight excluding hydrogens is 367 g/mol. The molecule has 4 nitrogen and oxygen atoms in total. The molecule has 2 fully saturated rings. The average Bonchev–Trinajstić information content (AvgIpc) is 3.17. The third-order valence-electron chi connectivity index (χ3n) is 6.04. The van der Waals surface area contributed by atoms with Crippen LogP contribution in [0.2, 0.25) is 5.02 Å². The van der Waals surface area contributed by atoms with Crippen molar-refractivity contribution in [3.63, 3.8) is 0 Å². The Hall–Kier alpha value is -1.62. The molecule has 0 spiro atoms. The SMILES string of the molecule is CC(=O)N1CCC(CC(=O)NC(c2cccc(Cl)c2F)C2CCCC2)CC1. The van der Waals surface area contributed by atoms with Gasteiger partial charge in [-0.05, 0) is 43.6 Å². The fourth-order valence-electron chi connectivity index (χ4n) is 4.45. The molecule has 1 aliphatic heterocycles. The zero-order valence-electron chi connectivity index (χ0n) is 15.8. The first-order chi connectivity index (χ1) is 13.0. The van der Waals surface area contributed by atoms with Gasteiger partial charge >= 0.3 is 0 Å². The van der Waals surface area contributed by atoms with E-state index in [1.807, 2.05) is 4.90 Å². The summed E-state index contributed by atoms with van der Waals surface area (Å²) in [5.41, 5.74) is 0.495. The number of benzene rings is 1. The molecule has 3 rings (SSSR count). The van der Waals surface area contributed by atoms with E-state index < -0.39 is 5.82 Å². The van der Waals surface area contributed by atoms with Crippen molar-refractivity contribution in [3.8, 4) is 0 Å². The Labute approximate surface area is 165 Å². The molecule has 1 aliphatic carbocycles. The van der Waals surface area contributed by atoms with Gasteiger partial charge in [-0.2, -0.15) is 0 Å². The zero-order valence-corrected chi connectivity index (χ0v) is 16.6. The highest BCUT2D eigenvalue weighted by molar-refractivity contribution is 6.30. The Bertz CT molecular complexity index is 683. The standard InChI is InChI=1S/C21H28ClFN2O2/c1-14(26)25-11-9-15(10-12-25)13-19(27)24-21(16-5-2-3-6-16)17-7-4-8-18(22)20(17)23/h4,7-8,15-16,21H,2-3,5-6,9-13H2,1H3,(H,24,27). The molecule has 0 aromatic heterocycles. The summed E-state index contributed by atoms with van der Waals surface area (Å²) in [6.07, 6.45) is 6.32. The van der Waals surface area contributed by atoms with Gasteiger partial charge in [0, 0.05) is 32.0 Å². The van der Waals surface area contributed by atoms with E-state index in [1.165, 1.54) is 6.07 Å². The number of carbonyl (C=O) groups is 2. The average molecular weight is 395 g/mol. The van der Waals surface area contributed by atoms with Gasteiger partial charge in [-0.15, -0.1) is 0 Å². The van der Waals surface area contributed by atoms with Crippen LogP contribution in [0.5, 0.6) is 0 Å². The van der Waals surface area contributed by atoms with Crippen molar-refractivity contribution < 1.29 is 14.0 Å². The predicted octanol–water partition coefficient (Wildman–Crippen LogP) is 4.48. The van der Waals surface area contributed by atoms with E-state index in [1.54, 1.807) is 19.1 Å². The second-order valence-electron chi connectivity index (χ2n) is 7.89. The van der Waals surface area contributed by atoms with Gasteiger partial charge in [0.1, 0.15) is 5.82 Å². The molecule has 1 aromatic rings. The maximum atomic E-state index is 14.6. The molecule has 1 heterocycles. The molecule has 1 N–H and O–H groups in total. The number of nitrogens with one attached hydrogen (secondary N) is 1. The van der Waals surface area contributed by atoms with Crippen LogP contribution < -0.4 is 5.32 Å². The van der Waals surface area contributed by atoms with Gasteiger partial charge in [0.05, 0.1) is 11.1 Å². The molecule has 1 atom stereocenters. The molecule has 1 unspecified atom stereocenters. The van der Waals surface area contributed by atoms with E-state index in [-0.39, 0.29) is 34.7 Å². The highest BCUT2D eigenvalue weighted by Gasteiger charge is 2.31. The van der Waals surface area contributed by atoms with E-state index in [0.29, 0.717) is 25.1 Å². The van der Waals surface area contributed by atoms with Gasteiger partial charge in [-0.1, -0.05) is 36.6 Å². The molecule has 1 aromatic carbocycles. The Morgan fingerprint density at radius 2 is 1.89 bits per heavy atom. The molecule has 1 saturated heterocycles. The normalized spacial score (nSPS) is 19.9. The van der Waals surface area contributed by atoms with Gasteiger partial charge in [-0.3, -0.25) is 9.59 Å². The topological polar surface area (TPSA) is 49.4 Å². The number of hydrogen-bond donors (Lipinski definition) is 1. The second kappa shape index (κ2) is 9.05. The Balaban J connectivity index is 1.65. The van der Waals surface area contributed by atoms with Gasteiger partial charge in [0.15, 0.2) is 0 Å². The highest BCUT2D eigenvalue weighted by atomic mass is 35.5. The van der Waals surface area contributed by atoms with Crippen LogP contribution in [0.25, 0.3) is 0 Å². The lowest BCUT2D eigenvalue weighted by Crippen LogP contribution is -2.39. The van der Waals surface area contributed by atoms with Crippen molar-refractivity contribution in [2.45, 2.75) is 57.9 Å². The van der Waals surface area contributed by atoms with Crippen LogP contribution in [-0.4, -0.2) is 29.8 Å². The molecule has 1 saturated carbocycles. The minimum Gasteiger partial charge on any atom is -0.349 e. The summed E-state index contributed by atoms with van der Waals surface area (Å²) >= 11 is 5.98. The molecule has 148 valence electrons. The lowest BCUT2D eigenvalue weighted by atomic mass is 9.89. The van der Waals surface area contributed by atoms with E-state index in [0.717, 1.165) is 38.5 Å². The quantitative estimate of drug-likeness (QED) is 0.800. The summed E-state index contributed by atoms with van der Waals surface area (Å²) < 4.78 is 14.6.